The Labute approximate surface area is 382 Å². The van der Waals surface area contributed by atoms with E-state index in [1.807, 2.05) is 0 Å². The summed E-state index contributed by atoms with van der Waals surface area (Å²) in [6, 6.07) is 0. The minimum Gasteiger partial charge on any atom is -0.462 e. The Morgan fingerprint density at radius 1 is 0.484 bits per heavy atom. The number of esters is 2. The number of hydrogen-bond donors (Lipinski definition) is 9. The average molecular weight is 961 g/mol. The summed E-state index contributed by atoms with van der Waals surface area (Å²) in [7, 11) is -10.4. The lowest BCUT2D eigenvalue weighted by atomic mass is 9.85. The van der Waals surface area contributed by atoms with Gasteiger partial charge in [0.25, 0.3) is 0 Å². The van der Waals surface area contributed by atoms with E-state index in [1.54, 1.807) is 0 Å². The van der Waals surface area contributed by atoms with Crippen LogP contribution in [0.5, 0.6) is 0 Å². The van der Waals surface area contributed by atoms with E-state index in [0.717, 1.165) is 51.4 Å². The van der Waals surface area contributed by atoms with Gasteiger partial charge in [-0.2, -0.15) is 0 Å². The summed E-state index contributed by atoms with van der Waals surface area (Å²) in [4.78, 5) is 58.6. The van der Waals surface area contributed by atoms with E-state index in [9.17, 15) is 44.3 Å². The van der Waals surface area contributed by atoms with Crippen LogP contribution in [0.15, 0.2) is 24.3 Å². The molecule has 1 saturated carbocycles. The van der Waals surface area contributed by atoms with E-state index in [4.69, 9.17) is 29.0 Å². The third-order valence-corrected chi connectivity index (χ3v) is 11.8. The molecule has 9 N–H and O–H groups in total. The van der Waals surface area contributed by atoms with Gasteiger partial charge in [0.2, 0.25) is 0 Å². The molecule has 0 aromatic rings. The molecule has 0 unspecified atom stereocenters. The molecule has 0 aromatic heterocycles. The van der Waals surface area contributed by atoms with Gasteiger partial charge < -0.3 is 54.6 Å². The molecule has 0 heterocycles. The van der Waals surface area contributed by atoms with Crippen molar-refractivity contribution in [2.24, 2.45) is 0 Å². The van der Waals surface area contributed by atoms with Gasteiger partial charge in [-0.3, -0.25) is 18.6 Å². The summed E-state index contributed by atoms with van der Waals surface area (Å²) in [5.41, 5.74) is 0. The summed E-state index contributed by atoms with van der Waals surface area (Å²) in [5, 5.41) is 47.5. The molecule has 0 amide bonds. The van der Waals surface area contributed by atoms with Crippen molar-refractivity contribution in [1.82, 2.24) is 0 Å². The van der Waals surface area contributed by atoms with Crippen molar-refractivity contribution in [1.29, 1.82) is 0 Å². The number of rotatable bonds is 38. The first-order valence-corrected chi connectivity index (χ1v) is 27.0. The zero-order valence-corrected chi connectivity index (χ0v) is 40.5. The second-order valence-corrected chi connectivity index (χ2v) is 19.1. The summed E-state index contributed by atoms with van der Waals surface area (Å²) in [5.74, 6) is -0.607. The van der Waals surface area contributed by atoms with Crippen LogP contribution in [-0.4, -0.2) is 113 Å². The van der Waals surface area contributed by atoms with E-state index in [0.29, 0.717) is 12.8 Å². The minimum atomic E-state index is -5.20. The number of aliphatic hydroxyl groups excluding tert-OH is 5. The van der Waals surface area contributed by atoms with Crippen molar-refractivity contribution in [3.8, 4) is 0 Å². The van der Waals surface area contributed by atoms with E-state index < -0.39 is 58.4 Å². The van der Waals surface area contributed by atoms with Crippen LogP contribution in [0.2, 0.25) is 0 Å². The van der Waals surface area contributed by atoms with Crippen molar-refractivity contribution in [3.05, 3.63) is 24.3 Å². The second-order valence-electron chi connectivity index (χ2n) is 16.7. The van der Waals surface area contributed by atoms with Crippen LogP contribution in [0.3, 0.4) is 0 Å². The molecule has 64 heavy (non-hydrogen) atoms. The predicted octanol–water partition coefficient (Wildman–Crippen LogP) is 7.91. The molecule has 378 valence electrons. The van der Waals surface area contributed by atoms with Gasteiger partial charge in [-0.05, 0) is 64.2 Å². The fourth-order valence-corrected chi connectivity index (χ4v) is 8.19. The first-order chi connectivity index (χ1) is 30.5. The normalized spacial score (nSPS) is 20.9. The number of carbonyl (C=O) groups excluding carboxylic acids is 2. The van der Waals surface area contributed by atoms with Crippen LogP contribution < -0.4 is 0 Å². The van der Waals surface area contributed by atoms with Crippen LogP contribution in [0.1, 0.15) is 194 Å². The fraction of sp³-hybridized carbons (Fsp3) is 0.867. The molecule has 17 nitrogen and oxygen atoms in total. The van der Waals surface area contributed by atoms with Gasteiger partial charge in [0.15, 0.2) is 6.10 Å². The Morgan fingerprint density at radius 3 is 1.16 bits per heavy atom. The number of carbonyl (C=O) groups is 2. The maximum absolute atomic E-state index is 12.1. The van der Waals surface area contributed by atoms with Crippen LogP contribution in [-0.2, 0) is 37.2 Å². The highest BCUT2D eigenvalue weighted by Gasteiger charge is 2.53. The molecule has 19 heteroatoms. The molecule has 0 aliphatic heterocycles. The van der Waals surface area contributed by atoms with Gasteiger partial charge in [0.05, 0.1) is 6.61 Å². The molecule has 7 atom stereocenters. The van der Waals surface area contributed by atoms with Crippen molar-refractivity contribution >= 4 is 27.6 Å². The number of aliphatic hydroxyl groups is 5. The topological polar surface area (TPSA) is 287 Å². The van der Waals surface area contributed by atoms with Crippen molar-refractivity contribution in [3.63, 3.8) is 0 Å². The van der Waals surface area contributed by atoms with Crippen molar-refractivity contribution in [2.45, 2.75) is 236 Å². The summed E-state index contributed by atoms with van der Waals surface area (Å²) < 4.78 is 40.0. The third-order valence-electron chi connectivity index (χ3n) is 10.8. The largest absolute Gasteiger partial charge is 0.470 e. The van der Waals surface area contributed by atoms with E-state index >= 15 is 0 Å². The Hall–Kier alpha value is -1.56. The minimum absolute atomic E-state index is 0.0709. The number of allylic oxidation sites excluding steroid dienone is 4. The molecule has 0 saturated heterocycles. The Kier molecular flexibility index (Phi) is 38.5. The van der Waals surface area contributed by atoms with E-state index in [1.165, 1.54) is 116 Å². The lowest BCUT2D eigenvalue weighted by molar-refractivity contribution is -0.215. The Balaban J connectivity index is 0.00000164. The highest BCUT2D eigenvalue weighted by atomic mass is 31.2. The molecule has 0 spiro atoms. The van der Waals surface area contributed by atoms with E-state index in [-0.39, 0.29) is 25.2 Å². The van der Waals surface area contributed by atoms with Crippen LogP contribution >= 0.6 is 15.6 Å². The van der Waals surface area contributed by atoms with Crippen molar-refractivity contribution < 1.29 is 82.3 Å². The van der Waals surface area contributed by atoms with Gasteiger partial charge in [0.1, 0.15) is 43.2 Å². The number of phosphoric ester groups is 2. The van der Waals surface area contributed by atoms with Crippen LogP contribution in [0.25, 0.3) is 0 Å². The zero-order chi connectivity index (χ0) is 48.1. The molecule has 0 bridgehead atoms. The number of phosphoric acid groups is 2. The highest BCUT2D eigenvalue weighted by molar-refractivity contribution is 7.46. The number of ether oxygens (including phenoxy) is 2. The van der Waals surface area contributed by atoms with Gasteiger partial charge in [0, 0.05) is 12.8 Å². The van der Waals surface area contributed by atoms with Crippen molar-refractivity contribution in [2.75, 3.05) is 13.2 Å². The van der Waals surface area contributed by atoms with E-state index in [2.05, 4.69) is 47.2 Å². The average Bonchev–Trinajstić information content (AvgIpc) is 3.24. The van der Waals surface area contributed by atoms with Crippen LogP contribution in [0, 0.1) is 0 Å². The molecule has 1 rings (SSSR count). The molecule has 1 aliphatic rings. The van der Waals surface area contributed by atoms with Crippen LogP contribution in [0.4, 0.5) is 0 Å². The monoisotopic (exact) mass is 961 g/mol. The molecule has 1 fully saturated rings. The second kappa shape index (κ2) is 39.4. The summed E-state index contributed by atoms with van der Waals surface area (Å²) in [6.45, 7) is 4.11. The quantitative estimate of drug-likeness (QED) is 0.0123. The lowest BCUT2D eigenvalue weighted by Gasteiger charge is -2.42. The lowest BCUT2D eigenvalue weighted by Crippen LogP contribution is -2.64. The number of hydrogen-bond acceptors (Lipinski definition) is 13. The maximum Gasteiger partial charge on any atom is 0.470 e. The highest BCUT2D eigenvalue weighted by Crippen LogP contribution is 2.45. The Bertz CT molecular complexity index is 1270. The zero-order valence-electron chi connectivity index (χ0n) is 38.7. The molecular formula is C45H86O17P2. The maximum atomic E-state index is 12.1. The first kappa shape index (κ1) is 62.4. The summed E-state index contributed by atoms with van der Waals surface area (Å²) >= 11 is 0. The molecule has 0 radical (unpaired) electrons. The number of unbranched alkanes of at least 4 members (excludes halogenated alkanes) is 22. The standard InChI is InChI=1S/C39H72O5.C6H14O12P2/c1-3-5-7-9-11-13-15-17-19-21-23-25-27-29-31-33-38(41)43-36-37(35-40)44-39(42)34-32-30-28-26-24-22-20-18-16-14-12-10-8-6-4-2;7-1-2(8)5(17-19(11,12)13)4(10)6(3(1)9)18-20(14,15)16/h17-20,37,40H,3-16,21-36H2,1-2H3;1-10H,(H2,11,12,13)(H2,14,15,16)/b19-17-,20-18-;/t37-;1-,2-,3+,4+,5+,6-/m0./s1. The molecule has 0 aromatic carbocycles. The van der Waals surface area contributed by atoms with Gasteiger partial charge in [-0.1, -0.05) is 141 Å². The Morgan fingerprint density at radius 2 is 0.812 bits per heavy atom. The third kappa shape index (κ3) is 35.6. The molecular weight excluding hydrogens is 874 g/mol. The SMILES string of the molecule is CCCCCCCC/C=C\CCCCCCCC(=O)OC[C@H](CO)OC(=O)CCCCCCC/C=C\CCCCCCCC.O=P(O)(O)O[C@@H]1[C@H](O)[C@H](OP(=O)(O)O)[C@@H](O)[C@H](O)[C@H]1O. The van der Waals surface area contributed by atoms with Gasteiger partial charge in [-0.15, -0.1) is 0 Å². The van der Waals surface area contributed by atoms with Gasteiger partial charge >= 0.3 is 27.6 Å². The van der Waals surface area contributed by atoms with Gasteiger partial charge in [-0.25, -0.2) is 9.13 Å². The smallest absolute Gasteiger partial charge is 0.462 e. The molecule has 1 aliphatic carbocycles. The first-order valence-electron chi connectivity index (χ1n) is 23.9. The predicted molar refractivity (Wildman–Crippen MR) is 245 cm³/mol. The summed E-state index contributed by atoms with van der Waals surface area (Å²) in [6.07, 6.45) is 28.0. The fourth-order valence-electron chi connectivity index (χ4n) is 7.06.